The van der Waals surface area contributed by atoms with Gasteiger partial charge in [-0.2, -0.15) is 0 Å². The first-order valence-corrected chi connectivity index (χ1v) is 8.58. The molecular formula is C17H14ClFNO3S-. The molecule has 1 aliphatic rings. The first kappa shape index (κ1) is 17.0. The van der Waals surface area contributed by atoms with Crippen molar-refractivity contribution >= 4 is 34.1 Å². The van der Waals surface area contributed by atoms with Crippen LogP contribution in [0.2, 0.25) is 5.02 Å². The molecule has 2 aromatic rings. The van der Waals surface area contributed by atoms with Crippen molar-refractivity contribution in [3.8, 4) is 5.75 Å². The zero-order chi connectivity index (χ0) is 17.5. The lowest BCUT2D eigenvalue weighted by molar-refractivity contribution is 0.158. The Morgan fingerprint density at radius 3 is 2.54 bits per heavy atom. The Kier molecular flexibility index (Phi) is 4.38. The van der Waals surface area contributed by atoms with Crippen LogP contribution in [0.15, 0.2) is 42.5 Å². The van der Waals surface area contributed by atoms with Gasteiger partial charge in [-0.3, -0.25) is 4.21 Å². The summed E-state index contributed by atoms with van der Waals surface area (Å²) in [7, 11) is 0. The van der Waals surface area contributed by atoms with Crippen molar-refractivity contribution in [2.45, 2.75) is 19.4 Å². The van der Waals surface area contributed by atoms with Gasteiger partial charge in [0.25, 0.3) is 0 Å². The molecule has 0 aromatic heterocycles. The number of fused-ring (bicyclic) bond motifs is 1. The maximum absolute atomic E-state index is 13.2. The first-order valence-electron chi connectivity index (χ1n) is 7.13. The van der Waals surface area contributed by atoms with Crippen molar-refractivity contribution in [1.82, 2.24) is 0 Å². The van der Waals surface area contributed by atoms with Gasteiger partial charge in [-0.15, -0.1) is 0 Å². The van der Waals surface area contributed by atoms with Crippen LogP contribution in [-0.2, 0) is 11.3 Å². The second kappa shape index (κ2) is 6.20. The van der Waals surface area contributed by atoms with Crippen LogP contribution in [0.1, 0.15) is 25.0 Å². The predicted octanol–water partition coefficient (Wildman–Crippen LogP) is 4.29. The molecule has 1 heterocycles. The second-order valence-electron chi connectivity index (χ2n) is 5.94. The molecule has 1 aliphatic heterocycles. The van der Waals surface area contributed by atoms with Crippen LogP contribution < -0.4 is 9.46 Å². The third kappa shape index (κ3) is 3.45. The monoisotopic (exact) mass is 366 g/mol. The molecule has 4 nitrogen and oxygen atoms in total. The van der Waals surface area contributed by atoms with Crippen molar-refractivity contribution in [2.24, 2.45) is 0 Å². The Labute approximate surface area is 146 Å². The van der Waals surface area contributed by atoms with Crippen LogP contribution in [0.25, 0.3) is 5.57 Å². The minimum absolute atomic E-state index is 0.309. The number of benzene rings is 2. The van der Waals surface area contributed by atoms with Crippen LogP contribution in [0.5, 0.6) is 5.75 Å². The third-order valence-corrected chi connectivity index (χ3v) is 4.25. The second-order valence-corrected chi connectivity index (χ2v) is 7.02. The fourth-order valence-corrected chi connectivity index (χ4v) is 3.29. The largest absolute Gasteiger partial charge is 0.755 e. The molecule has 0 radical (unpaired) electrons. The van der Waals surface area contributed by atoms with Gasteiger partial charge >= 0.3 is 0 Å². The van der Waals surface area contributed by atoms with Gasteiger partial charge in [0.15, 0.2) is 0 Å². The number of rotatable bonds is 3. The Morgan fingerprint density at radius 1 is 1.25 bits per heavy atom. The molecule has 3 rings (SSSR count). The molecule has 126 valence electrons. The summed E-state index contributed by atoms with van der Waals surface area (Å²) in [4.78, 5) is 0. The summed E-state index contributed by atoms with van der Waals surface area (Å²) in [6, 6.07) is 9.18. The molecule has 1 N–H and O–H groups in total. The zero-order valence-electron chi connectivity index (χ0n) is 12.9. The zero-order valence-corrected chi connectivity index (χ0v) is 14.5. The molecule has 7 heteroatoms. The lowest BCUT2D eigenvalue weighted by Crippen LogP contribution is -2.29. The standard InChI is InChI=1S/C17H15ClFNO3S/c1-17(2)9-13(10-3-5-11(19)6-4-10)16-14(18)7-12(20-24(21)22)8-15(16)23-17/h3-9,20H,1-2H3,(H,21,22)/p-1. The van der Waals surface area contributed by atoms with Gasteiger partial charge in [0.1, 0.15) is 17.2 Å². The van der Waals surface area contributed by atoms with E-state index in [2.05, 4.69) is 4.72 Å². The topological polar surface area (TPSA) is 61.4 Å². The van der Waals surface area contributed by atoms with Crippen LogP contribution in [-0.4, -0.2) is 14.4 Å². The number of ether oxygens (including phenoxy) is 1. The summed E-state index contributed by atoms with van der Waals surface area (Å²) in [5.74, 6) is 0.136. The van der Waals surface area contributed by atoms with E-state index < -0.39 is 16.9 Å². The predicted molar refractivity (Wildman–Crippen MR) is 92.2 cm³/mol. The molecule has 1 atom stereocenters. The van der Waals surface area contributed by atoms with Gasteiger partial charge in [-0.1, -0.05) is 23.7 Å². The van der Waals surface area contributed by atoms with Crippen LogP contribution in [0, 0.1) is 5.82 Å². The maximum atomic E-state index is 13.2. The van der Waals surface area contributed by atoms with Gasteiger partial charge in [0, 0.05) is 22.9 Å². The number of hydrogen-bond donors (Lipinski definition) is 1. The van der Waals surface area contributed by atoms with Crippen molar-refractivity contribution in [3.05, 3.63) is 64.4 Å². The van der Waals surface area contributed by atoms with Crippen molar-refractivity contribution in [2.75, 3.05) is 4.72 Å². The van der Waals surface area contributed by atoms with E-state index in [4.69, 9.17) is 16.3 Å². The summed E-state index contributed by atoms with van der Waals surface area (Å²) in [6.45, 7) is 3.75. The molecule has 0 saturated carbocycles. The van der Waals surface area contributed by atoms with Gasteiger partial charge in [-0.05, 0) is 49.3 Å². The summed E-state index contributed by atoms with van der Waals surface area (Å²) < 4.78 is 43.1. The van der Waals surface area contributed by atoms with Crippen molar-refractivity contribution < 1.29 is 17.9 Å². The highest BCUT2D eigenvalue weighted by atomic mass is 35.5. The van der Waals surface area contributed by atoms with Crippen LogP contribution >= 0.6 is 11.6 Å². The number of halogens is 2. The van der Waals surface area contributed by atoms with Gasteiger partial charge in [-0.25, -0.2) is 4.39 Å². The highest BCUT2D eigenvalue weighted by molar-refractivity contribution is 7.80. The van der Waals surface area contributed by atoms with E-state index in [0.717, 1.165) is 11.1 Å². The summed E-state index contributed by atoms with van der Waals surface area (Å²) >= 11 is 3.90. The SMILES string of the molecule is CC1(C)C=C(c2ccc(F)cc2)c2c(Cl)cc(NS(=O)[O-])cc2O1. The molecule has 0 saturated heterocycles. The minimum Gasteiger partial charge on any atom is -0.755 e. The fraction of sp³-hybridized carbons (Fsp3) is 0.176. The van der Waals surface area contributed by atoms with Crippen molar-refractivity contribution in [3.63, 3.8) is 0 Å². The molecule has 0 amide bonds. The molecular weight excluding hydrogens is 353 g/mol. The van der Waals surface area contributed by atoms with Crippen LogP contribution in [0.4, 0.5) is 10.1 Å². The van der Waals surface area contributed by atoms with E-state index in [0.29, 0.717) is 22.0 Å². The first-order chi connectivity index (χ1) is 11.2. The minimum atomic E-state index is -2.46. The molecule has 0 spiro atoms. The number of nitrogens with one attached hydrogen (secondary N) is 1. The van der Waals surface area contributed by atoms with E-state index in [1.807, 2.05) is 19.9 Å². The van der Waals surface area contributed by atoms with E-state index in [1.165, 1.54) is 18.2 Å². The Balaban J connectivity index is 2.16. The lowest BCUT2D eigenvalue weighted by Gasteiger charge is -2.32. The normalized spacial score (nSPS) is 16.6. The highest BCUT2D eigenvalue weighted by Crippen LogP contribution is 2.44. The molecule has 1 unspecified atom stereocenters. The Morgan fingerprint density at radius 2 is 1.92 bits per heavy atom. The van der Waals surface area contributed by atoms with Gasteiger partial charge in [0.2, 0.25) is 0 Å². The lowest BCUT2D eigenvalue weighted by atomic mass is 9.89. The van der Waals surface area contributed by atoms with Gasteiger partial charge in [0.05, 0.1) is 10.7 Å². The molecule has 0 fully saturated rings. The Bertz CT molecular complexity index is 850. The quantitative estimate of drug-likeness (QED) is 0.824. The summed E-state index contributed by atoms with van der Waals surface area (Å²) in [6.07, 6.45) is 1.91. The van der Waals surface area contributed by atoms with Crippen molar-refractivity contribution in [1.29, 1.82) is 0 Å². The molecule has 0 bridgehead atoms. The van der Waals surface area contributed by atoms with E-state index in [-0.39, 0.29) is 5.82 Å². The van der Waals surface area contributed by atoms with Gasteiger partial charge < -0.3 is 14.0 Å². The van der Waals surface area contributed by atoms with E-state index in [9.17, 15) is 13.2 Å². The highest BCUT2D eigenvalue weighted by Gasteiger charge is 2.29. The van der Waals surface area contributed by atoms with E-state index >= 15 is 0 Å². The molecule has 24 heavy (non-hydrogen) atoms. The molecule has 0 aliphatic carbocycles. The Hall–Kier alpha value is -1.89. The average molecular weight is 367 g/mol. The number of hydrogen-bond acceptors (Lipinski definition) is 3. The molecule has 2 aromatic carbocycles. The van der Waals surface area contributed by atoms with E-state index in [1.54, 1.807) is 18.2 Å². The summed E-state index contributed by atoms with van der Waals surface area (Å²) in [5.41, 5.74) is 1.92. The smallest absolute Gasteiger partial charge is 0.132 e. The third-order valence-electron chi connectivity index (χ3n) is 3.54. The maximum Gasteiger partial charge on any atom is 0.132 e. The number of anilines is 1. The fourth-order valence-electron chi connectivity index (χ4n) is 2.67. The summed E-state index contributed by atoms with van der Waals surface area (Å²) in [5, 5.41) is 0.339. The average Bonchev–Trinajstić information content (AvgIpc) is 2.44. The van der Waals surface area contributed by atoms with Crippen LogP contribution in [0.3, 0.4) is 0 Å².